The van der Waals surface area contributed by atoms with Gasteiger partial charge >= 0.3 is 13.9 Å². The van der Waals surface area contributed by atoms with Crippen LogP contribution in [0.4, 0.5) is 4.79 Å². The van der Waals surface area contributed by atoms with Gasteiger partial charge in [0.25, 0.3) is 0 Å². The molecule has 0 radical (unpaired) electrons. The molecule has 0 heterocycles. The fraction of sp³-hybridized carbons (Fsp3) is 0.966. The van der Waals surface area contributed by atoms with Crippen LogP contribution in [0.25, 0.3) is 0 Å². The van der Waals surface area contributed by atoms with Crippen LogP contribution in [0.3, 0.4) is 0 Å². The molecule has 228 valence electrons. The van der Waals surface area contributed by atoms with Gasteiger partial charge in [0.2, 0.25) is 0 Å². The van der Waals surface area contributed by atoms with Gasteiger partial charge < -0.3 is 19.6 Å². The molecule has 2 amide bonds. The molecule has 0 aliphatic heterocycles. The predicted octanol–water partition coefficient (Wildman–Crippen LogP) is 7.51. The minimum absolute atomic E-state index is 0.0371. The molecular weight excluding hydrogens is 501 g/mol. The number of rotatable bonds is 27. The maximum atomic E-state index is 12.2. The van der Waals surface area contributed by atoms with Gasteiger partial charge in [-0.1, -0.05) is 116 Å². The van der Waals surface area contributed by atoms with Gasteiger partial charge in [-0.3, -0.25) is 9.05 Å². The molecule has 9 heteroatoms. The van der Waals surface area contributed by atoms with Crippen LogP contribution >= 0.6 is 7.82 Å². The van der Waals surface area contributed by atoms with Crippen LogP contribution in [0.5, 0.6) is 0 Å². The Kier molecular flexibility index (Phi) is 23.7. The highest BCUT2D eigenvalue weighted by Gasteiger charge is 2.23. The van der Waals surface area contributed by atoms with Crippen molar-refractivity contribution in [2.24, 2.45) is 0 Å². The van der Waals surface area contributed by atoms with Gasteiger partial charge in [-0.15, -0.1) is 0 Å². The SMILES string of the molecule is CCCCCCCCCCCCCCCCCCCCN(CCOP(=O)(O)OCC[N+](C)(C)C)C(=O)NC. The molecule has 8 nitrogen and oxygen atoms in total. The van der Waals surface area contributed by atoms with E-state index >= 15 is 0 Å². The highest BCUT2D eigenvalue weighted by molar-refractivity contribution is 7.47. The van der Waals surface area contributed by atoms with Crippen LogP contribution in [0.1, 0.15) is 122 Å². The first-order valence-corrected chi connectivity index (χ1v) is 17.0. The lowest BCUT2D eigenvalue weighted by Gasteiger charge is -2.24. The summed E-state index contributed by atoms with van der Waals surface area (Å²) in [7, 11) is 3.43. The number of likely N-dealkylation sites (N-methyl/N-ethyl adjacent to an activating group) is 1. The fourth-order valence-corrected chi connectivity index (χ4v) is 5.11. The van der Waals surface area contributed by atoms with Crippen molar-refractivity contribution in [1.82, 2.24) is 10.2 Å². The van der Waals surface area contributed by atoms with E-state index in [1.807, 2.05) is 21.1 Å². The van der Waals surface area contributed by atoms with Crippen molar-refractivity contribution < 1.29 is 27.8 Å². The number of nitrogens with one attached hydrogen (secondary N) is 1. The predicted molar refractivity (Wildman–Crippen MR) is 159 cm³/mol. The van der Waals surface area contributed by atoms with Crippen molar-refractivity contribution >= 4 is 13.9 Å². The van der Waals surface area contributed by atoms with Crippen molar-refractivity contribution in [3.8, 4) is 0 Å². The Bertz CT molecular complexity index is 601. The zero-order valence-corrected chi connectivity index (χ0v) is 26.6. The molecular formula is C29H63N3O5P+. The molecule has 0 aliphatic rings. The largest absolute Gasteiger partial charge is 0.472 e. The smallest absolute Gasteiger partial charge is 0.341 e. The van der Waals surface area contributed by atoms with E-state index in [1.54, 1.807) is 11.9 Å². The Morgan fingerprint density at radius 3 is 1.50 bits per heavy atom. The van der Waals surface area contributed by atoms with Crippen molar-refractivity contribution in [1.29, 1.82) is 0 Å². The quantitative estimate of drug-likeness (QED) is 0.0612. The van der Waals surface area contributed by atoms with E-state index in [4.69, 9.17) is 9.05 Å². The van der Waals surface area contributed by atoms with Gasteiger partial charge in [0.05, 0.1) is 27.7 Å². The number of hydrogen-bond donors (Lipinski definition) is 2. The Morgan fingerprint density at radius 1 is 0.711 bits per heavy atom. The third-order valence-electron chi connectivity index (χ3n) is 6.91. The number of phosphoric ester groups is 1. The minimum Gasteiger partial charge on any atom is -0.341 e. The average molecular weight is 565 g/mol. The Hall–Kier alpha value is -0.660. The van der Waals surface area contributed by atoms with Gasteiger partial charge in [0.15, 0.2) is 0 Å². The lowest BCUT2D eigenvalue weighted by Crippen LogP contribution is -2.40. The molecule has 0 saturated carbocycles. The number of urea groups is 1. The number of nitrogens with zero attached hydrogens (tertiary/aromatic N) is 2. The first-order valence-electron chi connectivity index (χ1n) is 15.5. The first kappa shape index (κ1) is 37.3. The molecule has 2 N–H and O–H groups in total. The molecule has 1 atom stereocenters. The summed E-state index contributed by atoms with van der Waals surface area (Å²) in [5.41, 5.74) is 0. The zero-order valence-electron chi connectivity index (χ0n) is 25.7. The van der Waals surface area contributed by atoms with Crippen LogP contribution in [-0.4, -0.2) is 81.3 Å². The maximum Gasteiger partial charge on any atom is 0.472 e. The van der Waals surface area contributed by atoms with E-state index in [0.29, 0.717) is 17.6 Å². The van der Waals surface area contributed by atoms with Crippen molar-refractivity contribution in [3.63, 3.8) is 0 Å². The third-order valence-corrected chi connectivity index (χ3v) is 7.93. The number of unbranched alkanes of at least 4 members (excludes halogenated alkanes) is 17. The zero-order chi connectivity index (χ0) is 28.5. The fourth-order valence-electron chi connectivity index (χ4n) is 4.41. The molecule has 0 aliphatic carbocycles. The molecule has 0 saturated heterocycles. The lowest BCUT2D eigenvalue weighted by atomic mass is 10.0. The number of carbonyl (C=O) groups is 1. The second kappa shape index (κ2) is 24.2. The number of quaternary nitrogens is 1. The summed E-state index contributed by atoms with van der Waals surface area (Å²) in [5.74, 6) is 0. The second-order valence-electron chi connectivity index (χ2n) is 11.7. The summed E-state index contributed by atoms with van der Waals surface area (Å²) in [6.07, 6.45) is 23.9. The highest BCUT2D eigenvalue weighted by Crippen LogP contribution is 2.42. The summed E-state index contributed by atoms with van der Waals surface area (Å²) in [5, 5.41) is 2.64. The summed E-state index contributed by atoms with van der Waals surface area (Å²) >= 11 is 0. The van der Waals surface area contributed by atoms with Crippen LogP contribution in [0.15, 0.2) is 0 Å². The van der Waals surface area contributed by atoms with E-state index in [2.05, 4.69) is 12.2 Å². The number of hydrogen-bond acceptors (Lipinski definition) is 4. The standard InChI is InChI=1S/C29H62N3O5P/c1-6-7-8-9-10-11-12-13-14-15-16-17-18-19-20-21-22-23-24-31(29(33)30-2)25-27-36-38(34,35)37-28-26-32(3,4)5/h6-28H2,1-5H3,(H-,30,33,34,35)/p+1. The summed E-state index contributed by atoms with van der Waals surface area (Å²) in [6.45, 7) is 3.83. The molecule has 1 unspecified atom stereocenters. The molecule has 0 aromatic heterocycles. The molecule has 0 fully saturated rings. The number of carbonyl (C=O) groups excluding carboxylic acids is 1. The van der Waals surface area contributed by atoms with E-state index in [0.717, 1.165) is 12.8 Å². The van der Waals surface area contributed by atoms with Gasteiger partial charge in [0.1, 0.15) is 13.2 Å². The van der Waals surface area contributed by atoms with Crippen molar-refractivity contribution in [3.05, 3.63) is 0 Å². The molecule has 0 aromatic rings. The monoisotopic (exact) mass is 564 g/mol. The van der Waals surface area contributed by atoms with E-state index in [1.165, 1.54) is 103 Å². The average Bonchev–Trinajstić information content (AvgIpc) is 2.85. The summed E-state index contributed by atoms with van der Waals surface area (Å²) in [4.78, 5) is 23.6. The Labute approximate surface area is 235 Å². The number of phosphoric acid groups is 1. The van der Waals surface area contributed by atoms with Crippen LogP contribution in [0.2, 0.25) is 0 Å². The lowest BCUT2D eigenvalue weighted by molar-refractivity contribution is -0.870. The summed E-state index contributed by atoms with van der Waals surface area (Å²) in [6, 6.07) is -0.195. The minimum atomic E-state index is -4.11. The van der Waals surface area contributed by atoms with E-state index in [9.17, 15) is 14.3 Å². The van der Waals surface area contributed by atoms with E-state index < -0.39 is 7.82 Å². The van der Waals surface area contributed by atoms with Gasteiger partial charge in [-0.25, -0.2) is 9.36 Å². The van der Waals surface area contributed by atoms with Gasteiger partial charge in [-0.2, -0.15) is 0 Å². The maximum absolute atomic E-state index is 12.2. The molecule has 0 rings (SSSR count). The molecule has 0 spiro atoms. The number of amides is 2. The molecule has 0 aromatic carbocycles. The van der Waals surface area contributed by atoms with Gasteiger partial charge in [-0.05, 0) is 6.42 Å². The Morgan fingerprint density at radius 2 is 1.11 bits per heavy atom. The normalized spacial score (nSPS) is 13.4. The van der Waals surface area contributed by atoms with Crippen LogP contribution < -0.4 is 5.32 Å². The molecule has 38 heavy (non-hydrogen) atoms. The third kappa shape index (κ3) is 25.6. The Balaban J connectivity index is 3.72. The van der Waals surface area contributed by atoms with Gasteiger partial charge in [0, 0.05) is 20.1 Å². The molecule has 0 bridgehead atoms. The van der Waals surface area contributed by atoms with Crippen LogP contribution in [-0.2, 0) is 13.6 Å². The second-order valence-corrected chi connectivity index (χ2v) is 13.2. The highest BCUT2D eigenvalue weighted by atomic mass is 31.2. The van der Waals surface area contributed by atoms with Crippen LogP contribution in [0, 0.1) is 0 Å². The van der Waals surface area contributed by atoms with E-state index in [-0.39, 0.29) is 25.8 Å². The van der Waals surface area contributed by atoms with Crippen molar-refractivity contribution in [2.45, 2.75) is 122 Å². The van der Waals surface area contributed by atoms with Crippen molar-refractivity contribution in [2.75, 3.05) is 61.0 Å². The summed E-state index contributed by atoms with van der Waals surface area (Å²) < 4.78 is 22.8. The topological polar surface area (TPSA) is 88.1 Å². The first-order chi connectivity index (χ1) is 18.1.